The van der Waals surface area contributed by atoms with Gasteiger partial charge in [0.1, 0.15) is 0 Å². The third-order valence-corrected chi connectivity index (χ3v) is 5.68. The Bertz CT molecular complexity index is 1140. The summed E-state index contributed by atoms with van der Waals surface area (Å²) < 4.78 is 10.1. The Hall–Kier alpha value is -2.91. The molecule has 3 aromatic rings. The Morgan fingerprint density at radius 3 is 2.68 bits per heavy atom. The summed E-state index contributed by atoms with van der Waals surface area (Å²) in [6.07, 6.45) is 0.992. The molecule has 0 amide bonds. The quantitative estimate of drug-likeness (QED) is 0.562. The van der Waals surface area contributed by atoms with Crippen LogP contribution in [0.2, 0.25) is 0 Å². The third-order valence-electron chi connectivity index (χ3n) is 5.68. The van der Waals surface area contributed by atoms with Crippen molar-refractivity contribution in [3.05, 3.63) is 56.7 Å². The molecule has 1 aromatic carbocycles. The van der Waals surface area contributed by atoms with Crippen molar-refractivity contribution in [1.82, 2.24) is 24.0 Å². The first-order chi connectivity index (χ1) is 15.1. The van der Waals surface area contributed by atoms with Gasteiger partial charge in [-0.2, -0.15) is 4.98 Å². The lowest BCUT2D eigenvalue weighted by Crippen LogP contribution is -2.40. The van der Waals surface area contributed by atoms with Gasteiger partial charge >= 0.3 is 5.69 Å². The smallest absolute Gasteiger partial charge is 0.332 e. The van der Waals surface area contributed by atoms with E-state index in [0.717, 1.165) is 44.1 Å². The molecule has 1 aliphatic heterocycles. The van der Waals surface area contributed by atoms with Gasteiger partial charge in [-0.15, -0.1) is 0 Å². The zero-order valence-electron chi connectivity index (χ0n) is 18.2. The summed E-state index contributed by atoms with van der Waals surface area (Å²) >= 11 is 0. The molecular weight excluding hydrogens is 396 g/mol. The van der Waals surface area contributed by atoms with E-state index in [1.54, 1.807) is 7.05 Å². The minimum Gasteiger partial charge on any atom is -0.380 e. The van der Waals surface area contributed by atoms with Crippen LogP contribution in [0, 0.1) is 0 Å². The number of rotatable bonds is 7. The second kappa shape index (κ2) is 9.49. The van der Waals surface area contributed by atoms with E-state index in [0.29, 0.717) is 30.9 Å². The van der Waals surface area contributed by atoms with Crippen molar-refractivity contribution in [2.75, 3.05) is 44.3 Å². The molecule has 1 aliphatic rings. The molecule has 0 saturated carbocycles. The molecule has 9 nitrogen and oxygen atoms in total. The lowest BCUT2D eigenvalue weighted by molar-refractivity contribution is 0.137. The van der Waals surface area contributed by atoms with E-state index >= 15 is 0 Å². The Kier molecular flexibility index (Phi) is 6.53. The molecule has 2 aromatic heterocycles. The molecule has 0 atom stereocenters. The van der Waals surface area contributed by atoms with Gasteiger partial charge in [0.25, 0.3) is 5.56 Å². The number of nitrogens with zero attached hydrogens (tertiary/aromatic N) is 5. The molecule has 1 fully saturated rings. The maximum absolute atomic E-state index is 13.5. The fourth-order valence-electron chi connectivity index (χ4n) is 4.06. The van der Waals surface area contributed by atoms with Crippen LogP contribution in [0.15, 0.2) is 39.9 Å². The molecule has 166 valence electrons. The van der Waals surface area contributed by atoms with Gasteiger partial charge in [0.05, 0.1) is 19.7 Å². The Morgan fingerprint density at radius 2 is 1.90 bits per heavy atom. The van der Waals surface area contributed by atoms with Crippen LogP contribution in [0.4, 0.5) is 5.95 Å². The standard InChI is InChI=1S/C22H30N6O3/c1-3-31-15-14-27-20(29)18-19(25(2)22(27)30)24-21(26-12-7-10-23-11-13-26)28(18)16-17-8-5-4-6-9-17/h4-6,8-9,23H,3,7,10-16H2,1-2H3. The van der Waals surface area contributed by atoms with Crippen LogP contribution in [0.25, 0.3) is 11.2 Å². The summed E-state index contributed by atoms with van der Waals surface area (Å²) in [5.41, 5.74) is 1.26. The first-order valence-corrected chi connectivity index (χ1v) is 10.9. The van der Waals surface area contributed by atoms with E-state index in [2.05, 4.69) is 10.2 Å². The number of aromatic nitrogens is 4. The van der Waals surface area contributed by atoms with Crippen LogP contribution < -0.4 is 21.5 Å². The maximum Gasteiger partial charge on any atom is 0.332 e. The minimum atomic E-state index is -0.370. The summed E-state index contributed by atoms with van der Waals surface area (Å²) in [5, 5.41) is 3.41. The Labute approximate surface area is 180 Å². The van der Waals surface area contributed by atoms with Gasteiger partial charge < -0.3 is 15.0 Å². The predicted molar refractivity (Wildman–Crippen MR) is 121 cm³/mol. The summed E-state index contributed by atoms with van der Waals surface area (Å²) in [6, 6.07) is 10.0. The van der Waals surface area contributed by atoms with Crippen molar-refractivity contribution in [2.45, 2.75) is 26.4 Å². The summed E-state index contributed by atoms with van der Waals surface area (Å²) in [6.45, 7) is 6.92. The van der Waals surface area contributed by atoms with E-state index < -0.39 is 0 Å². The van der Waals surface area contributed by atoms with Crippen LogP contribution in [0.1, 0.15) is 18.9 Å². The van der Waals surface area contributed by atoms with Gasteiger partial charge in [-0.05, 0) is 25.5 Å². The number of anilines is 1. The molecule has 31 heavy (non-hydrogen) atoms. The SMILES string of the molecule is CCOCCn1c(=O)c2c(nc(N3CCCNCC3)n2Cc2ccccc2)n(C)c1=O. The molecule has 1 saturated heterocycles. The first kappa shape index (κ1) is 21.3. The van der Waals surface area contributed by atoms with E-state index in [4.69, 9.17) is 9.72 Å². The molecular formula is C22H30N6O3. The number of fused-ring (bicyclic) bond motifs is 1. The highest BCUT2D eigenvalue weighted by molar-refractivity contribution is 5.74. The van der Waals surface area contributed by atoms with Crippen LogP contribution in [0.3, 0.4) is 0 Å². The van der Waals surface area contributed by atoms with Crippen LogP contribution in [0.5, 0.6) is 0 Å². The molecule has 0 aliphatic carbocycles. The van der Waals surface area contributed by atoms with E-state index in [1.807, 2.05) is 41.8 Å². The zero-order valence-corrected chi connectivity index (χ0v) is 18.2. The molecule has 1 N–H and O–H groups in total. The van der Waals surface area contributed by atoms with Gasteiger partial charge in [0.2, 0.25) is 5.95 Å². The van der Waals surface area contributed by atoms with Crippen molar-refractivity contribution < 1.29 is 4.74 Å². The zero-order chi connectivity index (χ0) is 21.8. The highest BCUT2D eigenvalue weighted by atomic mass is 16.5. The summed E-state index contributed by atoms with van der Waals surface area (Å²) in [7, 11) is 1.68. The van der Waals surface area contributed by atoms with Crippen molar-refractivity contribution in [1.29, 1.82) is 0 Å². The van der Waals surface area contributed by atoms with Gasteiger partial charge in [-0.1, -0.05) is 30.3 Å². The summed E-state index contributed by atoms with van der Waals surface area (Å²) in [4.78, 5) is 33.4. The molecule has 9 heteroatoms. The number of imidazole rings is 1. The average molecular weight is 427 g/mol. The first-order valence-electron chi connectivity index (χ1n) is 10.9. The molecule has 4 rings (SSSR count). The molecule has 0 unspecified atom stereocenters. The number of hydrogen-bond donors (Lipinski definition) is 1. The van der Waals surface area contributed by atoms with Gasteiger partial charge in [0, 0.05) is 33.3 Å². The lowest BCUT2D eigenvalue weighted by atomic mass is 10.2. The number of hydrogen-bond acceptors (Lipinski definition) is 6. The number of ether oxygens (including phenoxy) is 1. The third kappa shape index (κ3) is 4.28. The number of benzene rings is 1. The monoisotopic (exact) mass is 426 g/mol. The minimum absolute atomic E-state index is 0.217. The normalized spacial score (nSPS) is 14.8. The van der Waals surface area contributed by atoms with E-state index in [-0.39, 0.29) is 17.8 Å². The highest BCUT2D eigenvalue weighted by Crippen LogP contribution is 2.22. The van der Waals surface area contributed by atoms with Crippen molar-refractivity contribution in [3.8, 4) is 0 Å². The number of nitrogens with one attached hydrogen (secondary N) is 1. The predicted octanol–water partition coefficient (Wildman–Crippen LogP) is 0.781. The van der Waals surface area contributed by atoms with Crippen LogP contribution in [-0.4, -0.2) is 58.1 Å². The molecule has 0 radical (unpaired) electrons. The molecule has 0 bridgehead atoms. The van der Waals surface area contributed by atoms with Gasteiger partial charge in [-0.3, -0.25) is 18.5 Å². The Morgan fingerprint density at radius 1 is 1.10 bits per heavy atom. The molecule has 3 heterocycles. The maximum atomic E-state index is 13.5. The fourth-order valence-corrected chi connectivity index (χ4v) is 4.06. The molecule has 0 spiro atoms. The summed E-state index contributed by atoms with van der Waals surface area (Å²) in [5.74, 6) is 0.734. The largest absolute Gasteiger partial charge is 0.380 e. The fraction of sp³-hybridized carbons (Fsp3) is 0.500. The number of aryl methyl sites for hydroxylation is 1. The van der Waals surface area contributed by atoms with Crippen molar-refractivity contribution >= 4 is 17.1 Å². The second-order valence-corrected chi connectivity index (χ2v) is 7.74. The Balaban J connectivity index is 1.90. The van der Waals surface area contributed by atoms with Crippen molar-refractivity contribution in [2.24, 2.45) is 7.05 Å². The van der Waals surface area contributed by atoms with E-state index in [9.17, 15) is 9.59 Å². The van der Waals surface area contributed by atoms with Gasteiger partial charge in [-0.25, -0.2) is 4.79 Å². The second-order valence-electron chi connectivity index (χ2n) is 7.74. The van der Waals surface area contributed by atoms with Crippen LogP contribution >= 0.6 is 0 Å². The van der Waals surface area contributed by atoms with E-state index in [1.165, 1.54) is 9.13 Å². The van der Waals surface area contributed by atoms with Crippen LogP contribution in [-0.2, 0) is 24.9 Å². The average Bonchev–Trinajstić information content (AvgIpc) is 2.96. The van der Waals surface area contributed by atoms with Gasteiger partial charge in [0.15, 0.2) is 11.2 Å². The lowest BCUT2D eigenvalue weighted by Gasteiger charge is -2.22. The topological polar surface area (TPSA) is 86.3 Å². The van der Waals surface area contributed by atoms with Crippen molar-refractivity contribution in [3.63, 3.8) is 0 Å². The highest BCUT2D eigenvalue weighted by Gasteiger charge is 2.24.